The Hall–Kier alpha value is -3.08. The minimum absolute atomic E-state index is 0.121. The van der Waals surface area contributed by atoms with Crippen molar-refractivity contribution >= 4 is 29.4 Å². The van der Waals surface area contributed by atoms with E-state index in [0.717, 1.165) is 22.5 Å². The molecule has 0 saturated carbocycles. The Bertz CT molecular complexity index is 800. The number of benzene rings is 2. The second kappa shape index (κ2) is 7.66. The first kappa shape index (κ1) is 16.8. The van der Waals surface area contributed by atoms with Crippen LogP contribution in [0.15, 0.2) is 54.6 Å². The van der Waals surface area contributed by atoms with Crippen LogP contribution in [0.25, 0.3) is 6.08 Å². The smallest absolute Gasteiger partial charge is 0.319 e. The number of carbonyl (C=O) groups is 2. The van der Waals surface area contributed by atoms with Gasteiger partial charge in [0.2, 0.25) is 5.91 Å². The second-order valence-corrected chi connectivity index (χ2v) is 5.94. The highest BCUT2D eigenvalue weighted by molar-refractivity contribution is 5.97. The number of amides is 3. The summed E-state index contributed by atoms with van der Waals surface area (Å²) in [7, 11) is 1.78. The van der Waals surface area contributed by atoms with Crippen molar-refractivity contribution in [2.75, 3.05) is 23.8 Å². The molecule has 0 aromatic heterocycles. The maximum Gasteiger partial charge on any atom is 0.319 e. The lowest BCUT2D eigenvalue weighted by Crippen LogP contribution is -2.31. The van der Waals surface area contributed by atoms with Gasteiger partial charge >= 0.3 is 6.03 Å². The van der Waals surface area contributed by atoms with Gasteiger partial charge in [0.1, 0.15) is 0 Å². The van der Waals surface area contributed by atoms with Crippen LogP contribution in [0, 0.1) is 0 Å². The standard InChI is InChI=1S/C20H21N3O2/c1-23-18-11-10-17(14-16(18)9-12-19(23)24)22-20(25)21-13-5-8-15-6-3-2-4-7-15/h2-8,10-11,14H,9,12-13H2,1H3,(H2,21,22,25). The van der Waals surface area contributed by atoms with Crippen molar-refractivity contribution < 1.29 is 9.59 Å². The number of hydrogen-bond acceptors (Lipinski definition) is 2. The molecular weight excluding hydrogens is 314 g/mol. The van der Waals surface area contributed by atoms with Crippen LogP contribution in [0.1, 0.15) is 17.5 Å². The second-order valence-electron chi connectivity index (χ2n) is 5.94. The molecule has 0 saturated heterocycles. The lowest BCUT2D eigenvalue weighted by atomic mass is 10.0. The van der Waals surface area contributed by atoms with Gasteiger partial charge in [-0.3, -0.25) is 4.79 Å². The lowest BCUT2D eigenvalue weighted by molar-refractivity contribution is -0.118. The summed E-state index contributed by atoms with van der Waals surface area (Å²) in [4.78, 5) is 25.4. The van der Waals surface area contributed by atoms with Crippen molar-refractivity contribution in [3.8, 4) is 0 Å². The Morgan fingerprint density at radius 1 is 1.16 bits per heavy atom. The SMILES string of the molecule is CN1C(=O)CCc2cc(NC(=O)NCC=Cc3ccccc3)ccc21. The van der Waals surface area contributed by atoms with Gasteiger partial charge in [-0.15, -0.1) is 0 Å². The van der Waals surface area contributed by atoms with Crippen LogP contribution < -0.4 is 15.5 Å². The minimum atomic E-state index is -0.252. The largest absolute Gasteiger partial charge is 0.334 e. The molecule has 0 fully saturated rings. The summed E-state index contributed by atoms with van der Waals surface area (Å²) in [6, 6.07) is 15.3. The normalized spacial score (nSPS) is 13.6. The summed E-state index contributed by atoms with van der Waals surface area (Å²) < 4.78 is 0. The van der Waals surface area contributed by atoms with E-state index in [1.165, 1.54) is 0 Å². The maximum absolute atomic E-state index is 12.0. The van der Waals surface area contributed by atoms with Crippen molar-refractivity contribution in [3.63, 3.8) is 0 Å². The molecule has 1 aliphatic rings. The molecule has 5 nitrogen and oxygen atoms in total. The Morgan fingerprint density at radius 3 is 2.76 bits per heavy atom. The highest BCUT2D eigenvalue weighted by atomic mass is 16.2. The van der Waals surface area contributed by atoms with E-state index in [-0.39, 0.29) is 11.9 Å². The van der Waals surface area contributed by atoms with Gasteiger partial charge in [0, 0.05) is 31.4 Å². The van der Waals surface area contributed by atoms with E-state index in [0.29, 0.717) is 19.4 Å². The van der Waals surface area contributed by atoms with Crippen LogP contribution in [0.4, 0.5) is 16.2 Å². The number of nitrogens with zero attached hydrogens (tertiary/aromatic N) is 1. The van der Waals surface area contributed by atoms with Crippen LogP contribution in [-0.2, 0) is 11.2 Å². The highest BCUT2D eigenvalue weighted by Crippen LogP contribution is 2.29. The average molecular weight is 335 g/mol. The first-order chi connectivity index (χ1) is 12.1. The Kier molecular flexibility index (Phi) is 5.14. The molecule has 25 heavy (non-hydrogen) atoms. The number of carbonyl (C=O) groups excluding carboxylic acids is 2. The molecule has 3 amide bonds. The van der Waals surface area contributed by atoms with Gasteiger partial charge in [-0.2, -0.15) is 0 Å². The third-order valence-electron chi connectivity index (χ3n) is 4.17. The number of anilines is 2. The van der Waals surface area contributed by atoms with E-state index in [4.69, 9.17) is 0 Å². The van der Waals surface area contributed by atoms with Crippen LogP contribution in [0.5, 0.6) is 0 Å². The van der Waals surface area contributed by atoms with E-state index in [2.05, 4.69) is 10.6 Å². The molecule has 0 bridgehead atoms. The molecule has 2 aromatic carbocycles. The summed E-state index contributed by atoms with van der Waals surface area (Å²) in [5.41, 5.74) is 3.81. The van der Waals surface area contributed by atoms with Crippen molar-refractivity contribution in [1.29, 1.82) is 0 Å². The number of fused-ring (bicyclic) bond motifs is 1. The van der Waals surface area contributed by atoms with Crippen LogP contribution >= 0.6 is 0 Å². The molecule has 1 heterocycles. The molecule has 0 aliphatic carbocycles. The van der Waals surface area contributed by atoms with Crippen LogP contribution in [0.2, 0.25) is 0 Å². The van der Waals surface area contributed by atoms with E-state index >= 15 is 0 Å². The summed E-state index contributed by atoms with van der Waals surface area (Å²) >= 11 is 0. The van der Waals surface area contributed by atoms with E-state index in [1.54, 1.807) is 11.9 Å². The molecule has 0 spiro atoms. The molecule has 128 valence electrons. The Morgan fingerprint density at radius 2 is 1.96 bits per heavy atom. The summed E-state index contributed by atoms with van der Waals surface area (Å²) in [6.07, 6.45) is 5.08. The van der Waals surface area contributed by atoms with Gasteiger partial charge in [-0.05, 0) is 35.7 Å². The molecule has 1 aliphatic heterocycles. The molecule has 2 aromatic rings. The highest BCUT2D eigenvalue weighted by Gasteiger charge is 2.20. The zero-order valence-corrected chi connectivity index (χ0v) is 14.2. The fraction of sp³-hybridized carbons (Fsp3) is 0.200. The third kappa shape index (κ3) is 4.26. The third-order valence-corrected chi connectivity index (χ3v) is 4.17. The molecule has 2 N–H and O–H groups in total. The van der Waals surface area contributed by atoms with Crippen molar-refractivity contribution in [2.45, 2.75) is 12.8 Å². The predicted octanol–water partition coefficient (Wildman–Crippen LogP) is 3.43. The number of urea groups is 1. The summed E-state index contributed by atoms with van der Waals surface area (Å²) in [6.45, 7) is 0.447. The van der Waals surface area contributed by atoms with Gasteiger partial charge < -0.3 is 15.5 Å². The quantitative estimate of drug-likeness (QED) is 0.899. The minimum Gasteiger partial charge on any atom is -0.334 e. The number of nitrogens with one attached hydrogen (secondary N) is 2. The van der Waals surface area contributed by atoms with Crippen LogP contribution in [0.3, 0.4) is 0 Å². The number of rotatable bonds is 4. The Labute approximate surface area is 147 Å². The van der Waals surface area contributed by atoms with E-state index in [9.17, 15) is 9.59 Å². The maximum atomic E-state index is 12.0. The van der Waals surface area contributed by atoms with E-state index in [1.807, 2.05) is 60.7 Å². The zero-order valence-electron chi connectivity index (χ0n) is 14.2. The topological polar surface area (TPSA) is 61.4 Å². The van der Waals surface area contributed by atoms with Gasteiger partial charge in [-0.1, -0.05) is 42.5 Å². The fourth-order valence-corrected chi connectivity index (χ4v) is 2.82. The predicted molar refractivity (Wildman–Crippen MR) is 101 cm³/mol. The molecule has 0 unspecified atom stereocenters. The van der Waals surface area contributed by atoms with Gasteiger partial charge in [0.05, 0.1) is 0 Å². The van der Waals surface area contributed by atoms with Crippen molar-refractivity contribution in [2.24, 2.45) is 0 Å². The summed E-state index contributed by atoms with van der Waals surface area (Å²) in [5, 5.41) is 5.63. The first-order valence-corrected chi connectivity index (χ1v) is 8.29. The molecule has 0 radical (unpaired) electrons. The Balaban J connectivity index is 1.53. The zero-order chi connectivity index (χ0) is 17.6. The first-order valence-electron chi connectivity index (χ1n) is 8.29. The van der Waals surface area contributed by atoms with E-state index < -0.39 is 0 Å². The molecule has 5 heteroatoms. The number of hydrogen-bond donors (Lipinski definition) is 2. The number of aryl methyl sites for hydroxylation is 1. The molecule has 3 rings (SSSR count). The summed E-state index contributed by atoms with van der Waals surface area (Å²) in [5.74, 6) is 0.121. The molecule has 0 atom stereocenters. The van der Waals surface area contributed by atoms with Crippen molar-refractivity contribution in [1.82, 2.24) is 5.32 Å². The van der Waals surface area contributed by atoms with Crippen LogP contribution in [-0.4, -0.2) is 25.5 Å². The van der Waals surface area contributed by atoms with Gasteiger partial charge in [0.15, 0.2) is 0 Å². The fourth-order valence-electron chi connectivity index (χ4n) is 2.82. The van der Waals surface area contributed by atoms with Gasteiger partial charge in [-0.25, -0.2) is 4.79 Å². The van der Waals surface area contributed by atoms with Crippen molar-refractivity contribution in [3.05, 3.63) is 65.7 Å². The van der Waals surface area contributed by atoms with Gasteiger partial charge in [0.25, 0.3) is 0 Å². The monoisotopic (exact) mass is 335 g/mol. The molecular formula is C20H21N3O2. The lowest BCUT2D eigenvalue weighted by Gasteiger charge is -2.26. The average Bonchev–Trinajstić information content (AvgIpc) is 2.63.